The maximum Gasteiger partial charge on any atom is 0.116 e. The molecule has 1 aliphatic rings. The van der Waals surface area contributed by atoms with Gasteiger partial charge in [0.1, 0.15) is 7.28 Å². The van der Waals surface area contributed by atoms with Gasteiger partial charge in [0.25, 0.3) is 0 Å². The summed E-state index contributed by atoms with van der Waals surface area (Å²) in [5.74, 6) is 0.746. The lowest BCUT2D eigenvalue weighted by Gasteiger charge is -2.28. The van der Waals surface area contributed by atoms with Gasteiger partial charge in [-0.1, -0.05) is 31.1 Å². The molecule has 1 aromatic carbocycles. The Morgan fingerprint density at radius 3 is 2.90 bits per heavy atom. The second-order valence-electron chi connectivity index (χ2n) is 2.84. The third-order valence-electron chi connectivity index (χ3n) is 2.30. The lowest BCUT2D eigenvalue weighted by molar-refractivity contribution is 0.794. The van der Waals surface area contributed by atoms with E-state index < -0.39 is 0 Å². The number of rotatable bonds is 1. The lowest BCUT2D eigenvalue weighted by atomic mass is 9.55. The van der Waals surface area contributed by atoms with Gasteiger partial charge in [-0.15, -0.1) is 0 Å². The number of hydrogen-bond acceptors (Lipinski definition) is 0. The lowest BCUT2D eigenvalue weighted by Crippen LogP contribution is -2.20. The molecule has 1 aliphatic carbocycles. The SMILES string of the molecule is C[B]C1Cc2ccccc21. The minimum atomic E-state index is 0.746. The second-order valence-corrected chi connectivity index (χ2v) is 2.84. The first-order valence-electron chi connectivity index (χ1n) is 3.79. The van der Waals surface area contributed by atoms with Crippen LogP contribution in [-0.4, -0.2) is 7.28 Å². The van der Waals surface area contributed by atoms with Crippen LogP contribution in [0.15, 0.2) is 24.3 Å². The molecule has 0 nitrogen and oxygen atoms in total. The van der Waals surface area contributed by atoms with Crippen LogP contribution >= 0.6 is 0 Å². The van der Waals surface area contributed by atoms with Crippen LogP contribution in [0.4, 0.5) is 0 Å². The minimum absolute atomic E-state index is 0.746. The third kappa shape index (κ3) is 0.699. The van der Waals surface area contributed by atoms with E-state index in [9.17, 15) is 0 Å². The summed E-state index contributed by atoms with van der Waals surface area (Å²) >= 11 is 0. The van der Waals surface area contributed by atoms with Crippen LogP contribution < -0.4 is 0 Å². The first-order chi connectivity index (χ1) is 4.92. The fraction of sp³-hybridized carbons (Fsp3) is 0.333. The van der Waals surface area contributed by atoms with Crippen LogP contribution in [-0.2, 0) is 6.42 Å². The maximum atomic E-state index is 2.28. The molecule has 1 radical (unpaired) electrons. The Hall–Kier alpha value is -0.715. The highest BCUT2D eigenvalue weighted by molar-refractivity contribution is 6.36. The molecule has 0 aromatic heterocycles. The van der Waals surface area contributed by atoms with Crippen LogP contribution in [0, 0.1) is 0 Å². The van der Waals surface area contributed by atoms with Gasteiger partial charge in [-0.2, -0.15) is 0 Å². The quantitative estimate of drug-likeness (QED) is 0.509. The minimum Gasteiger partial charge on any atom is -0.0914 e. The Balaban J connectivity index is 2.34. The maximum absolute atomic E-state index is 2.28. The van der Waals surface area contributed by atoms with Crippen molar-refractivity contribution in [1.29, 1.82) is 0 Å². The summed E-state index contributed by atoms with van der Waals surface area (Å²) < 4.78 is 0. The molecule has 49 valence electrons. The van der Waals surface area contributed by atoms with Crippen LogP contribution in [0.1, 0.15) is 16.9 Å². The second kappa shape index (κ2) is 2.15. The summed E-state index contributed by atoms with van der Waals surface area (Å²) in [6, 6.07) is 8.68. The van der Waals surface area contributed by atoms with E-state index >= 15 is 0 Å². The molecular weight excluding hydrogens is 119 g/mol. The van der Waals surface area contributed by atoms with E-state index in [1.165, 1.54) is 17.5 Å². The van der Waals surface area contributed by atoms with Crippen molar-refractivity contribution in [3.05, 3.63) is 35.4 Å². The fourth-order valence-corrected chi connectivity index (χ4v) is 1.60. The molecule has 1 unspecified atom stereocenters. The van der Waals surface area contributed by atoms with Gasteiger partial charge in [0.15, 0.2) is 0 Å². The Morgan fingerprint density at radius 1 is 1.40 bits per heavy atom. The van der Waals surface area contributed by atoms with Gasteiger partial charge >= 0.3 is 0 Å². The highest BCUT2D eigenvalue weighted by Gasteiger charge is 2.22. The summed E-state index contributed by atoms with van der Waals surface area (Å²) in [4.78, 5) is 0. The van der Waals surface area contributed by atoms with Crippen molar-refractivity contribution >= 4 is 7.28 Å². The van der Waals surface area contributed by atoms with Gasteiger partial charge < -0.3 is 0 Å². The molecule has 0 bridgehead atoms. The van der Waals surface area contributed by atoms with Crippen LogP contribution in [0.5, 0.6) is 0 Å². The van der Waals surface area contributed by atoms with Crippen molar-refractivity contribution in [2.45, 2.75) is 19.1 Å². The van der Waals surface area contributed by atoms with Crippen molar-refractivity contribution in [2.24, 2.45) is 0 Å². The third-order valence-corrected chi connectivity index (χ3v) is 2.30. The molecule has 0 N–H and O–H groups in total. The molecule has 1 aromatic rings. The fourth-order valence-electron chi connectivity index (χ4n) is 1.60. The molecule has 1 atom stereocenters. The van der Waals surface area contributed by atoms with Crippen LogP contribution in [0.25, 0.3) is 0 Å². The molecular formula is C9H10B. The molecule has 0 amide bonds. The van der Waals surface area contributed by atoms with Crippen LogP contribution in [0.3, 0.4) is 0 Å². The molecule has 0 saturated carbocycles. The summed E-state index contributed by atoms with van der Waals surface area (Å²) in [6.45, 7) is 2.14. The first-order valence-corrected chi connectivity index (χ1v) is 3.79. The zero-order valence-electron chi connectivity index (χ0n) is 6.17. The number of benzene rings is 1. The highest BCUT2D eigenvalue weighted by atomic mass is 14.2. The zero-order chi connectivity index (χ0) is 6.97. The average molecular weight is 129 g/mol. The van der Waals surface area contributed by atoms with Crippen LogP contribution in [0.2, 0.25) is 6.82 Å². The summed E-state index contributed by atoms with van der Waals surface area (Å²) in [5.41, 5.74) is 3.07. The smallest absolute Gasteiger partial charge is 0.0914 e. The molecule has 2 rings (SSSR count). The zero-order valence-corrected chi connectivity index (χ0v) is 6.17. The Morgan fingerprint density at radius 2 is 2.20 bits per heavy atom. The number of hydrogen-bond donors (Lipinski definition) is 0. The van der Waals surface area contributed by atoms with Crippen molar-refractivity contribution in [2.75, 3.05) is 0 Å². The predicted molar refractivity (Wildman–Crippen MR) is 44.5 cm³/mol. The van der Waals surface area contributed by atoms with E-state index in [0.717, 1.165) is 5.82 Å². The Kier molecular flexibility index (Phi) is 1.30. The van der Waals surface area contributed by atoms with E-state index in [-0.39, 0.29) is 0 Å². The van der Waals surface area contributed by atoms with Gasteiger partial charge in [-0.05, 0) is 23.4 Å². The standard InChI is InChI=1S/C9H10B/c1-10-9-6-7-4-2-3-5-8(7)9/h2-5,9H,6H2,1H3. The molecule has 0 saturated heterocycles. The summed E-state index contributed by atoms with van der Waals surface area (Å²) in [6.07, 6.45) is 1.26. The van der Waals surface area contributed by atoms with Crippen molar-refractivity contribution < 1.29 is 0 Å². The molecule has 0 spiro atoms. The van der Waals surface area contributed by atoms with E-state index in [1.54, 1.807) is 0 Å². The number of fused-ring (bicyclic) bond motifs is 1. The Bertz CT molecular complexity index is 242. The Labute approximate surface area is 62.5 Å². The van der Waals surface area contributed by atoms with Gasteiger partial charge in [0.2, 0.25) is 0 Å². The van der Waals surface area contributed by atoms with Crippen molar-refractivity contribution in [3.63, 3.8) is 0 Å². The van der Waals surface area contributed by atoms with E-state index in [2.05, 4.69) is 38.4 Å². The largest absolute Gasteiger partial charge is 0.116 e. The molecule has 0 aliphatic heterocycles. The van der Waals surface area contributed by atoms with E-state index in [4.69, 9.17) is 0 Å². The monoisotopic (exact) mass is 129 g/mol. The average Bonchev–Trinajstić information content (AvgIpc) is 1.92. The molecule has 0 fully saturated rings. The van der Waals surface area contributed by atoms with Gasteiger partial charge in [0, 0.05) is 0 Å². The summed E-state index contributed by atoms with van der Waals surface area (Å²) in [5, 5.41) is 0. The first kappa shape index (κ1) is 6.02. The molecule has 0 heterocycles. The van der Waals surface area contributed by atoms with E-state index in [1.807, 2.05) is 0 Å². The van der Waals surface area contributed by atoms with Gasteiger partial charge in [0.05, 0.1) is 0 Å². The normalized spacial score (nSPS) is 21.1. The van der Waals surface area contributed by atoms with Gasteiger partial charge in [-0.3, -0.25) is 0 Å². The molecule has 1 heteroatoms. The van der Waals surface area contributed by atoms with Gasteiger partial charge in [-0.25, -0.2) is 0 Å². The van der Waals surface area contributed by atoms with Crippen molar-refractivity contribution in [1.82, 2.24) is 0 Å². The van der Waals surface area contributed by atoms with E-state index in [0.29, 0.717) is 0 Å². The topological polar surface area (TPSA) is 0 Å². The van der Waals surface area contributed by atoms with Crippen molar-refractivity contribution in [3.8, 4) is 0 Å². The summed E-state index contributed by atoms with van der Waals surface area (Å²) in [7, 11) is 2.28. The highest BCUT2D eigenvalue weighted by Crippen LogP contribution is 2.33. The molecule has 10 heavy (non-hydrogen) atoms. The predicted octanol–water partition coefficient (Wildman–Crippen LogP) is 2.04.